The van der Waals surface area contributed by atoms with Gasteiger partial charge in [-0.1, -0.05) is 0 Å². The van der Waals surface area contributed by atoms with Gasteiger partial charge in [-0.3, -0.25) is 0 Å². The first-order valence-corrected chi connectivity index (χ1v) is 6.38. The van der Waals surface area contributed by atoms with Crippen molar-refractivity contribution in [1.82, 2.24) is 4.98 Å². The lowest BCUT2D eigenvalue weighted by Gasteiger charge is -2.40. The molecule has 0 aliphatic carbocycles. The van der Waals surface area contributed by atoms with E-state index < -0.39 is 5.97 Å². The summed E-state index contributed by atoms with van der Waals surface area (Å²) >= 11 is 0. The van der Waals surface area contributed by atoms with E-state index in [2.05, 4.69) is 9.88 Å². The van der Waals surface area contributed by atoms with Crippen molar-refractivity contribution >= 4 is 22.6 Å². The van der Waals surface area contributed by atoms with E-state index in [1.807, 2.05) is 6.07 Å². The smallest absolute Gasteiger partial charge is 0.335 e. The third-order valence-corrected chi connectivity index (χ3v) is 4.27. The second-order valence-corrected chi connectivity index (χ2v) is 5.21. The summed E-state index contributed by atoms with van der Waals surface area (Å²) in [5, 5.41) is 10.2. The molecule has 2 aromatic rings. The highest BCUT2D eigenvalue weighted by molar-refractivity contribution is 6.01. The summed E-state index contributed by atoms with van der Waals surface area (Å²) in [6.45, 7) is 2.20. The van der Waals surface area contributed by atoms with Crippen LogP contribution in [0.3, 0.4) is 0 Å². The molecule has 4 nitrogen and oxygen atoms in total. The summed E-state index contributed by atoms with van der Waals surface area (Å²) in [4.78, 5) is 16.9. The van der Waals surface area contributed by atoms with E-state index in [0.717, 1.165) is 24.0 Å². The van der Waals surface area contributed by atoms with E-state index in [1.165, 1.54) is 24.2 Å². The fourth-order valence-electron chi connectivity index (χ4n) is 3.36. The third-order valence-electron chi connectivity index (χ3n) is 4.27. The van der Waals surface area contributed by atoms with Crippen molar-refractivity contribution < 1.29 is 9.90 Å². The molecule has 18 heavy (non-hydrogen) atoms. The zero-order valence-corrected chi connectivity index (χ0v) is 9.94. The average molecular weight is 242 g/mol. The molecule has 1 aromatic carbocycles. The van der Waals surface area contributed by atoms with Gasteiger partial charge in [0, 0.05) is 35.6 Å². The SMILES string of the molecule is O=C(O)c1ccc2[nH]c3c(c2c1)N1CCC3CC1. The van der Waals surface area contributed by atoms with Crippen LogP contribution in [-0.2, 0) is 0 Å². The van der Waals surface area contributed by atoms with Crippen molar-refractivity contribution in [2.75, 3.05) is 18.0 Å². The van der Waals surface area contributed by atoms with Crippen molar-refractivity contribution in [1.29, 1.82) is 0 Å². The molecule has 4 heteroatoms. The molecule has 1 saturated heterocycles. The van der Waals surface area contributed by atoms with Crippen molar-refractivity contribution in [2.24, 2.45) is 0 Å². The molecular formula is C14H14N2O2. The van der Waals surface area contributed by atoms with E-state index in [0.29, 0.717) is 11.5 Å². The number of carbonyl (C=O) groups is 1. The van der Waals surface area contributed by atoms with Gasteiger partial charge in [0.25, 0.3) is 0 Å². The van der Waals surface area contributed by atoms with Gasteiger partial charge >= 0.3 is 5.97 Å². The largest absolute Gasteiger partial charge is 0.478 e. The molecule has 4 heterocycles. The molecule has 2 N–H and O–H groups in total. The molecule has 0 saturated carbocycles. The summed E-state index contributed by atoms with van der Waals surface area (Å²) < 4.78 is 0. The highest BCUT2D eigenvalue weighted by Gasteiger charge is 2.33. The van der Waals surface area contributed by atoms with Crippen LogP contribution in [0, 0.1) is 0 Å². The Morgan fingerprint density at radius 2 is 2.11 bits per heavy atom. The Morgan fingerprint density at radius 3 is 2.83 bits per heavy atom. The van der Waals surface area contributed by atoms with E-state index in [4.69, 9.17) is 5.11 Å². The summed E-state index contributed by atoms with van der Waals surface area (Å²) in [6.07, 6.45) is 2.43. The highest BCUT2D eigenvalue weighted by Crippen LogP contribution is 2.45. The average Bonchev–Trinajstić information content (AvgIpc) is 2.80. The summed E-state index contributed by atoms with van der Waals surface area (Å²) in [7, 11) is 0. The van der Waals surface area contributed by atoms with Crippen molar-refractivity contribution in [2.45, 2.75) is 18.8 Å². The number of aromatic nitrogens is 1. The number of carboxylic acids is 1. The quantitative estimate of drug-likeness (QED) is 0.808. The number of carboxylic acid groups (broad SMARTS) is 1. The number of nitrogens with one attached hydrogen (secondary N) is 1. The van der Waals surface area contributed by atoms with Crippen LogP contribution in [0.2, 0.25) is 0 Å². The van der Waals surface area contributed by atoms with Crippen LogP contribution in [0.4, 0.5) is 5.69 Å². The number of hydrogen-bond acceptors (Lipinski definition) is 2. The molecule has 1 fully saturated rings. The first-order valence-electron chi connectivity index (χ1n) is 6.38. The van der Waals surface area contributed by atoms with Crippen molar-refractivity contribution in [3.63, 3.8) is 0 Å². The van der Waals surface area contributed by atoms with E-state index in [1.54, 1.807) is 12.1 Å². The second-order valence-electron chi connectivity index (χ2n) is 5.21. The lowest BCUT2D eigenvalue weighted by molar-refractivity contribution is 0.0697. The number of piperidine rings is 1. The Labute approximate surface area is 104 Å². The van der Waals surface area contributed by atoms with E-state index >= 15 is 0 Å². The van der Waals surface area contributed by atoms with Crippen LogP contribution in [0.5, 0.6) is 0 Å². The first kappa shape index (κ1) is 10.00. The molecule has 0 unspecified atom stereocenters. The van der Waals surface area contributed by atoms with Crippen LogP contribution in [-0.4, -0.2) is 29.1 Å². The van der Waals surface area contributed by atoms with Gasteiger partial charge in [-0.15, -0.1) is 0 Å². The van der Waals surface area contributed by atoms with Gasteiger partial charge in [0.15, 0.2) is 0 Å². The Balaban J connectivity index is 2.01. The molecule has 3 aliphatic rings. The third kappa shape index (κ3) is 1.17. The second kappa shape index (κ2) is 3.28. The van der Waals surface area contributed by atoms with Gasteiger partial charge in [0.05, 0.1) is 11.3 Å². The van der Waals surface area contributed by atoms with Gasteiger partial charge in [-0.05, 0) is 31.0 Å². The normalized spacial score (nSPS) is 18.3. The predicted molar refractivity (Wildman–Crippen MR) is 69.4 cm³/mol. The monoisotopic (exact) mass is 242 g/mol. The molecule has 1 aromatic heterocycles. The van der Waals surface area contributed by atoms with E-state index in [9.17, 15) is 4.79 Å². The predicted octanol–water partition coefficient (Wildman–Crippen LogP) is 2.56. The minimum absolute atomic E-state index is 0.368. The molecular weight excluding hydrogens is 228 g/mol. The molecule has 92 valence electrons. The van der Waals surface area contributed by atoms with Crippen LogP contribution in [0.1, 0.15) is 34.8 Å². The number of fused-ring (bicyclic) bond motifs is 3. The maximum Gasteiger partial charge on any atom is 0.335 e. The number of rotatable bonds is 1. The minimum Gasteiger partial charge on any atom is -0.478 e. The van der Waals surface area contributed by atoms with Crippen LogP contribution in [0.15, 0.2) is 18.2 Å². The zero-order valence-electron chi connectivity index (χ0n) is 9.94. The highest BCUT2D eigenvalue weighted by atomic mass is 16.4. The maximum absolute atomic E-state index is 11.1. The number of benzene rings is 1. The Hall–Kier alpha value is -1.97. The number of H-pyrrole nitrogens is 1. The topological polar surface area (TPSA) is 56.3 Å². The standard InChI is InChI=1S/C14H14N2O2/c17-14(18)9-1-2-11-10(7-9)13-12(15-11)8-3-5-16(13)6-4-8/h1-2,7-8,15H,3-6H2,(H,17,18). The molecule has 0 radical (unpaired) electrons. The van der Waals surface area contributed by atoms with Gasteiger partial charge in [0.2, 0.25) is 0 Å². The van der Waals surface area contributed by atoms with Crippen LogP contribution < -0.4 is 4.90 Å². The van der Waals surface area contributed by atoms with Crippen molar-refractivity contribution in [3.8, 4) is 0 Å². The summed E-state index contributed by atoms with van der Waals surface area (Å²) in [5.41, 5.74) is 3.98. The molecule has 0 amide bonds. The van der Waals surface area contributed by atoms with Gasteiger partial charge in [-0.25, -0.2) is 4.79 Å². The summed E-state index contributed by atoms with van der Waals surface area (Å²) in [6, 6.07) is 5.36. The van der Waals surface area contributed by atoms with E-state index in [-0.39, 0.29) is 0 Å². The van der Waals surface area contributed by atoms with Gasteiger partial charge in [0.1, 0.15) is 0 Å². The molecule has 5 rings (SSSR count). The number of hydrogen-bond donors (Lipinski definition) is 2. The first-order chi connectivity index (χ1) is 8.74. The molecule has 0 atom stereocenters. The van der Waals surface area contributed by atoms with Crippen LogP contribution >= 0.6 is 0 Å². The molecule has 3 aliphatic heterocycles. The molecule has 0 spiro atoms. The zero-order chi connectivity index (χ0) is 12.3. The van der Waals surface area contributed by atoms with Crippen molar-refractivity contribution in [3.05, 3.63) is 29.5 Å². The molecule has 2 bridgehead atoms. The fourth-order valence-corrected chi connectivity index (χ4v) is 3.36. The lowest BCUT2D eigenvalue weighted by atomic mass is 9.87. The Kier molecular flexibility index (Phi) is 1.82. The minimum atomic E-state index is -0.859. The maximum atomic E-state index is 11.1. The number of nitrogens with zero attached hydrogens (tertiary/aromatic N) is 1. The van der Waals surface area contributed by atoms with Gasteiger partial charge < -0.3 is 15.0 Å². The van der Waals surface area contributed by atoms with Gasteiger partial charge in [-0.2, -0.15) is 0 Å². The number of anilines is 1. The summed E-state index contributed by atoms with van der Waals surface area (Å²) in [5.74, 6) is -0.228. The number of aromatic amines is 1. The number of aromatic carboxylic acids is 1. The van der Waals surface area contributed by atoms with Crippen LogP contribution in [0.25, 0.3) is 10.9 Å². The Morgan fingerprint density at radius 1 is 1.33 bits per heavy atom. The lowest BCUT2D eigenvalue weighted by Crippen LogP contribution is -2.38. The Bertz CT molecular complexity index is 651. The fraction of sp³-hybridized carbons (Fsp3) is 0.357.